The second-order valence-corrected chi connectivity index (χ2v) is 5.56. The highest BCUT2D eigenvalue weighted by Crippen LogP contribution is 2.13. The molecule has 0 spiro atoms. The molecule has 0 fully saturated rings. The summed E-state index contributed by atoms with van der Waals surface area (Å²) in [5, 5.41) is 6.44. The monoisotopic (exact) mass is 266 g/mol. The smallest absolute Gasteiger partial charge is 0.285 e. The molecule has 96 valence electrons. The molecule has 0 saturated carbocycles. The molecule has 1 N–H and O–H groups in total. The molecule has 2 rings (SSSR count). The lowest BCUT2D eigenvalue weighted by atomic mass is 10.2. The van der Waals surface area contributed by atoms with Crippen molar-refractivity contribution in [3.63, 3.8) is 0 Å². The van der Waals surface area contributed by atoms with Crippen molar-refractivity contribution in [3.8, 4) is 0 Å². The molecule has 0 amide bonds. The Morgan fingerprint density at radius 2 is 2.00 bits per heavy atom. The average molecular weight is 266 g/mol. The van der Waals surface area contributed by atoms with E-state index in [4.69, 9.17) is 4.18 Å². The van der Waals surface area contributed by atoms with Crippen LogP contribution < -0.4 is 0 Å². The summed E-state index contributed by atoms with van der Waals surface area (Å²) in [4.78, 5) is 0.181. The van der Waals surface area contributed by atoms with Gasteiger partial charge in [-0.3, -0.25) is 9.28 Å². The predicted octanol–water partition coefficient (Wildman–Crippen LogP) is 1.67. The number of hydrogen-bond acceptors (Lipinski definition) is 4. The fourth-order valence-electron chi connectivity index (χ4n) is 1.46. The van der Waals surface area contributed by atoms with E-state index in [1.807, 2.05) is 6.92 Å². The summed E-state index contributed by atoms with van der Waals surface area (Å²) in [7, 11) is -3.66. The van der Waals surface area contributed by atoms with E-state index in [0.717, 1.165) is 11.1 Å². The van der Waals surface area contributed by atoms with Gasteiger partial charge in [0.25, 0.3) is 10.1 Å². The molecular weight excluding hydrogens is 252 g/mol. The summed E-state index contributed by atoms with van der Waals surface area (Å²) < 4.78 is 28.6. The number of aromatic nitrogens is 2. The Balaban J connectivity index is 1.97. The van der Waals surface area contributed by atoms with Crippen LogP contribution in [0.5, 0.6) is 0 Å². The SMILES string of the molecule is Cc1ccc(S(=O)(=O)OCCc2cn[nH]c2)cc1. The number of hydrogen-bond donors (Lipinski definition) is 1. The predicted molar refractivity (Wildman–Crippen MR) is 66.6 cm³/mol. The summed E-state index contributed by atoms with van der Waals surface area (Å²) in [6.45, 7) is 2.01. The van der Waals surface area contributed by atoms with Crippen molar-refractivity contribution in [3.05, 3.63) is 47.8 Å². The standard InChI is InChI=1S/C12H14N2O3S/c1-10-2-4-12(5-3-10)18(15,16)17-7-6-11-8-13-14-9-11/h2-5,8-9H,6-7H2,1H3,(H,13,14). The molecule has 0 atom stereocenters. The fourth-order valence-corrected chi connectivity index (χ4v) is 2.36. The summed E-state index contributed by atoms with van der Waals surface area (Å²) >= 11 is 0. The van der Waals surface area contributed by atoms with Crippen LogP contribution in [-0.2, 0) is 20.7 Å². The molecule has 0 aliphatic heterocycles. The second kappa shape index (κ2) is 5.32. The topological polar surface area (TPSA) is 72.1 Å². The zero-order chi connectivity index (χ0) is 13.0. The van der Waals surface area contributed by atoms with Crippen LogP contribution in [0, 0.1) is 6.92 Å². The van der Waals surface area contributed by atoms with Crippen molar-refractivity contribution < 1.29 is 12.6 Å². The zero-order valence-electron chi connectivity index (χ0n) is 9.96. The van der Waals surface area contributed by atoms with Gasteiger partial charge in [0.05, 0.1) is 17.7 Å². The van der Waals surface area contributed by atoms with Gasteiger partial charge in [-0.25, -0.2) is 0 Å². The third kappa shape index (κ3) is 3.18. The van der Waals surface area contributed by atoms with Gasteiger partial charge in [0.15, 0.2) is 0 Å². The number of nitrogens with zero attached hydrogens (tertiary/aromatic N) is 1. The highest BCUT2D eigenvalue weighted by molar-refractivity contribution is 7.86. The molecule has 0 bridgehead atoms. The van der Waals surface area contributed by atoms with E-state index in [2.05, 4.69) is 10.2 Å². The van der Waals surface area contributed by atoms with Crippen molar-refractivity contribution in [1.29, 1.82) is 0 Å². The lowest BCUT2D eigenvalue weighted by Crippen LogP contribution is -2.09. The van der Waals surface area contributed by atoms with Gasteiger partial charge in [-0.05, 0) is 24.6 Å². The maximum atomic E-state index is 11.8. The minimum absolute atomic E-state index is 0.107. The number of aryl methyl sites for hydroxylation is 1. The Kier molecular flexibility index (Phi) is 3.78. The Bertz CT molecular complexity index is 589. The summed E-state index contributed by atoms with van der Waals surface area (Å²) in [5.74, 6) is 0. The van der Waals surface area contributed by atoms with Crippen molar-refractivity contribution in [2.24, 2.45) is 0 Å². The molecule has 0 radical (unpaired) electrons. The number of benzene rings is 1. The number of rotatable bonds is 5. The quantitative estimate of drug-likeness (QED) is 0.835. The third-order valence-corrected chi connectivity index (χ3v) is 3.82. The van der Waals surface area contributed by atoms with Crippen LogP contribution in [0.4, 0.5) is 0 Å². The van der Waals surface area contributed by atoms with Crippen LogP contribution >= 0.6 is 0 Å². The van der Waals surface area contributed by atoms with Crippen molar-refractivity contribution in [2.45, 2.75) is 18.2 Å². The molecule has 0 saturated heterocycles. The largest absolute Gasteiger partial charge is 0.296 e. The van der Waals surface area contributed by atoms with Crippen LogP contribution in [0.25, 0.3) is 0 Å². The second-order valence-electron chi connectivity index (χ2n) is 3.95. The van der Waals surface area contributed by atoms with Crippen molar-refractivity contribution in [2.75, 3.05) is 6.61 Å². The maximum Gasteiger partial charge on any atom is 0.296 e. The van der Waals surface area contributed by atoms with E-state index in [0.29, 0.717) is 6.42 Å². The zero-order valence-corrected chi connectivity index (χ0v) is 10.8. The number of aromatic amines is 1. The van der Waals surface area contributed by atoms with E-state index in [9.17, 15) is 8.42 Å². The van der Waals surface area contributed by atoms with Crippen LogP contribution in [0.1, 0.15) is 11.1 Å². The van der Waals surface area contributed by atoms with Gasteiger partial charge in [0.2, 0.25) is 0 Å². The molecule has 0 unspecified atom stereocenters. The van der Waals surface area contributed by atoms with Gasteiger partial charge in [0, 0.05) is 12.6 Å². The van der Waals surface area contributed by atoms with Crippen LogP contribution in [0.3, 0.4) is 0 Å². The molecule has 5 nitrogen and oxygen atoms in total. The Labute approximate surface area is 106 Å². The van der Waals surface area contributed by atoms with Gasteiger partial charge >= 0.3 is 0 Å². The Morgan fingerprint density at radius 1 is 1.28 bits per heavy atom. The van der Waals surface area contributed by atoms with E-state index in [-0.39, 0.29) is 11.5 Å². The molecule has 1 heterocycles. The summed E-state index contributed by atoms with van der Waals surface area (Å²) in [6, 6.07) is 6.57. The van der Waals surface area contributed by atoms with Gasteiger partial charge < -0.3 is 0 Å². The maximum absolute atomic E-state index is 11.8. The molecule has 1 aromatic carbocycles. The molecule has 0 aliphatic rings. The first-order valence-electron chi connectivity index (χ1n) is 5.52. The molecule has 6 heteroatoms. The van der Waals surface area contributed by atoms with Crippen molar-refractivity contribution >= 4 is 10.1 Å². The van der Waals surface area contributed by atoms with E-state index >= 15 is 0 Å². The van der Waals surface area contributed by atoms with Gasteiger partial charge in [-0.2, -0.15) is 13.5 Å². The lowest BCUT2D eigenvalue weighted by molar-refractivity contribution is 0.322. The van der Waals surface area contributed by atoms with E-state index < -0.39 is 10.1 Å². The summed E-state index contributed by atoms with van der Waals surface area (Å²) in [6.07, 6.45) is 3.85. The third-order valence-electron chi connectivity index (χ3n) is 2.49. The minimum Gasteiger partial charge on any atom is -0.285 e. The van der Waals surface area contributed by atoms with Gasteiger partial charge in [-0.15, -0.1) is 0 Å². The van der Waals surface area contributed by atoms with Crippen molar-refractivity contribution in [1.82, 2.24) is 10.2 Å². The normalized spacial score (nSPS) is 11.6. The van der Waals surface area contributed by atoms with Crippen LogP contribution in [0.15, 0.2) is 41.6 Å². The van der Waals surface area contributed by atoms with Gasteiger partial charge in [0.1, 0.15) is 0 Å². The Hall–Kier alpha value is -1.66. The highest BCUT2D eigenvalue weighted by Gasteiger charge is 2.14. The molecule has 1 aromatic heterocycles. The number of nitrogens with one attached hydrogen (secondary N) is 1. The molecule has 2 aromatic rings. The highest BCUT2D eigenvalue weighted by atomic mass is 32.2. The molecular formula is C12H14N2O3S. The molecule has 0 aliphatic carbocycles. The van der Waals surface area contributed by atoms with Gasteiger partial charge in [-0.1, -0.05) is 17.7 Å². The van der Waals surface area contributed by atoms with Crippen LogP contribution in [0.2, 0.25) is 0 Å². The lowest BCUT2D eigenvalue weighted by Gasteiger charge is -2.05. The first-order valence-corrected chi connectivity index (χ1v) is 6.92. The van der Waals surface area contributed by atoms with E-state index in [1.165, 1.54) is 0 Å². The van der Waals surface area contributed by atoms with E-state index in [1.54, 1.807) is 36.7 Å². The Morgan fingerprint density at radius 3 is 2.61 bits per heavy atom. The first-order chi connectivity index (χ1) is 8.58. The number of H-pyrrole nitrogens is 1. The van der Waals surface area contributed by atoms with Crippen LogP contribution in [-0.4, -0.2) is 25.2 Å². The fraction of sp³-hybridized carbons (Fsp3) is 0.250. The molecule has 18 heavy (non-hydrogen) atoms. The minimum atomic E-state index is -3.66. The summed E-state index contributed by atoms with van der Waals surface area (Å²) in [5.41, 5.74) is 1.92. The average Bonchev–Trinajstić information content (AvgIpc) is 2.82. The first kappa shape index (κ1) is 12.8.